The van der Waals surface area contributed by atoms with Gasteiger partial charge in [-0.05, 0) is 118 Å². The van der Waals surface area contributed by atoms with Gasteiger partial charge in [-0.3, -0.25) is 20.2 Å². The normalized spacial score (nSPS) is 13.6. The predicted octanol–water partition coefficient (Wildman–Crippen LogP) is 15.7. The van der Waals surface area contributed by atoms with E-state index in [0.29, 0.717) is 44.3 Å². The number of hydrogen-bond donors (Lipinski definition) is 3. The third-order valence-electron chi connectivity index (χ3n) is 14.2. The van der Waals surface area contributed by atoms with Crippen LogP contribution in [0, 0.1) is 20.2 Å². The molecule has 1 saturated heterocycles. The summed E-state index contributed by atoms with van der Waals surface area (Å²) in [5.74, 6) is 1.41. The van der Waals surface area contributed by atoms with Gasteiger partial charge in [0.05, 0.1) is 48.4 Å². The Balaban J connectivity index is 0.000000989. The molecule has 436 valence electrons. The van der Waals surface area contributed by atoms with E-state index in [0.717, 1.165) is 30.2 Å². The van der Waals surface area contributed by atoms with Gasteiger partial charge in [0, 0.05) is 37.1 Å². The first-order valence-electron chi connectivity index (χ1n) is 26.8. The fourth-order valence-electron chi connectivity index (χ4n) is 6.27. The van der Waals surface area contributed by atoms with Crippen LogP contribution in [0.3, 0.4) is 0 Å². The Morgan fingerprint density at radius 3 is 1.14 bits per heavy atom. The van der Waals surface area contributed by atoms with Gasteiger partial charge in [0.15, 0.2) is 25.0 Å². The van der Waals surface area contributed by atoms with Crippen molar-refractivity contribution in [2.75, 3.05) is 58.6 Å². The molecule has 15 nitrogen and oxygen atoms in total. The lowest BCUT2D eigenvalue weighted by atomic mass is 9.86. The highest BCUT2D eigenvalue weighted by atomic mass is 28.4. The lowest BCUT2D eigenvalue weighted by molar-refractivity contribution is -0.385. The average molecular weight is 1120 g/mol. The Morgan fingerprint density at radius 1 is 0.513 bits per heavy atom. The number of hydrogen-bond acceptors (Lipinski definition) is 13. The van der Waals surface area contributed by atoms with Gasteiger partial charge in [-0.2, -0.15) is 0 Å². The van der Waals surface area contributed by atoms with E-state index >= 15 is 0 Å². The van der Waals surface area contributed by atoms with Gasteiger partial charge in [-0.25, -0.2) is 0 Å². The summed E-state index contributed by atoms with van der Waals surface area (Å²) in [4.78, 5) is 20.5. The third-order valence-corrected chi connectivity index (χ3v) is 27.8. The first-order valence-corrected chi connectivity index (χ1v) is 35.5. The van der Waals surface area contributed by atoms with Crippen LogP contribution < -0.4 is 15.2 Å². The van der Waals surface area contributed by atoms with Gasteiger partial charge < -0.3 is 43.4 Å². The fourth-order valence-corrected chi connectivity index (χ4v) is 9.35. The number of aliphatic hydroxyl groups is 1. The van der Waals surface area contributed by atoms with Crippen LogP contribution >= 0.6 is 0 Å². The third kappa shape index (κ3) is 25.7. The molecule has 0 bridgehead atoms. The molecule has 0 unspecified atom stereocenters. The van der Waals surface area contributed by atoms with E-state index in [-0.39, 0.29) is 55.1 Å². The van der Waals surface area contributed by atoms with Crippen LogP contribution in [-0.4, -0.2) is 97.9 Å². The summed E-state index contributed by atoms with van der Waals surface area (Å²) in [5, 5.41) is 40.2. The van der Waals surface area contributed by atoms with Crippen LogP contribution in [0.1, 0.15) is 154 Å². The summed E-state index contributed by atoms with van der Waals surface area (Å²) >= 11 is 0. The lowest BCUT2D eigenvalue weighted by Crippen LogP contribution is -2.41. The minimum absolute atomic E-state index is 0.0216. The molecule has 4 rings (SSSR count). The number of phenols is 1. The minimum atomic E-state index is -1.81. The molecule has 4 N–H and O–H groups in total. The van der Waals surface area contributed by atoms with Gasteiger partial charge in [0.1, 0.15) is 30.5 Å². The van der Waals surface area contributed by atoms with Crippen molar-refractivity contribution < 1.29 is 47.5 Å². The van der Waals surface area contributed by atoms with Crippen LogP contribution in [0.25, 0.3) is 0 Å². The van der Waals surface area contributed by atoms with Crippen molar-refractivity contribution in [1.29, 1.82) is 0 Å². The van der Waals surface area contributed by atoms with E-state index in [1.165, 1.54) is 42.7 Å². The Kier molecular flexibility index (Phi) is 28.4. The van der Waals surface area contributed by atoms with Crippen molar-refractivity contribution >= 4 is 42.0 Å². The maximum absolute atomic E-state index is 11.0. The number of nitro benzene ring substituents is 2. The highest BCUT2D eigenvalue weighted by molar-refractivity contribution is 6.74. The molecule has 0 aromatic heterocycles. The summed E-state index contributed by atoms with van der Waals surface area (Å²) in [6.07, 6.45) is 2.56. The number of nitrogen functional groups attached to an aromatic ring is 1. The maximum atomic E-state index is 11.0. The number of anilines is 1. The first-order chi connectivity index (χ1) is 34.2. The summed E-state index contributed by atoms with van der Waals surface area (Å²) in [6, 6.07) is 14.9. The molecule has 18 heteroatoms. The van der Waals surface area contributed by atoms with Crippen molar-refractivity contribution in [3.63, 3.8) is 0 Å². The van der Waals surface area contributed by atoms with Crippen molar-refractivity contribution in [2.24, 2.45) is 0 Å². The van der Waals surface area contributed by atoms with Crippen molar-refractivity contribution in [2.45, 2.75) is 208 Å². The molecule has 1 aliphatic heterocycles. The molecular formula is C58H105N3O12Si3. The van der Waals surface area contributed by atoms with Gasteiger partial charge in [-0.1, -0.05) is 131 Å². The number of phenolic OH excluding ortho intramolecular Hbond substituents is 1. The number of nitrogens with two attached hydrogens (primary N) is 1. The zero-order valence-corrected chi connectivity index (χ0v) is 54.7. The van der Waals surface area contributed by atoms with E-state index in [1.807, 2.05) is 32.9 Å². The van der Waals surface area contributed by atoms with Crippen molar-refractivity contribution in [1.82, 2.24) is 0 Å². The second-order valence-electron chi connectivity index (χ2n) is 27.0. The van der Waals surface area contributed by atoms with Crippen LogP contribution in [0.15, 0.2) is 54.6 Å². The molecule has 0 radical (unpaired) electrons. The van der Waals surface area contributed by atoms with E-state index in [9.17, 15) is 25.3 Å². The van der Waals surface area contributed by atoms with E-state index < -0.39 is 34.8 Å². The first kappa shape index (κ1) is 72.1. The zero-order chi connectivity index (χ0) is 59.5. The monoisotopic (exact) mass is 1120 g/mol. The molecule has 0 amide bonds. The standard InChI is InChI=1S/C18H31NO4Si.C18H33NO2Si.C10H13NO3.C8H20O2Si.C4H8O/c1-17(2,3)15-10-9-14(19(20)21)13-16(15)22-11-12-23-24(7,8)18(4,5)6;1-17(2,3)15-10-9-14(19)13-16(15)20-11-12-21-22(7,8)18(4,5)6;1-10(2,3)8-5-4-7(11(13)14)6-9(8)12;1-8(2,3)11(4,5)10-7-6-9;1-2-4-5-3-1/h9-10,13H,11-12H2,1-8H3;9-10,13H,11-12,19H2,1-8H3;4-6,12H,1-3H3;9H,6-7H2,1-5H3;1-4H2. The van der Waals surface area contributed by atoms with Crippen LogP contribution in [0.4, 0.5) is 17.1 Å². The summed E-state index contributed by atoms with van der Waals surface area (Å²) < 4.78 is 34.7. The van der Waals surface area contributed by atoms with Gasteiger partial charge in [0.2, 0.25) is 0 Å². The number of aromatic hydroxyl groups is 1. The fraction of sp³-hybridized carbons (Fsp3) is 0.690. The minimum Gasteiger partial charge on any atom is -0.507 e. The number of ether oxygens (including phenoxy) is 3. The molecule has 1 heterocycles. The lowest BCUT2D eigenvalue weighted by Gasteiger charge is -2.36. The molecule has 0 saturated carbocycles. The van der Waals surface area contributed by atoms with Gasteiger partial charge >= 0.3 is 0 Å². The Morgan fingerprint density at radius 2 is 0.842 bits per heavy atom. The molecule has 3 aromatic carbocycles. The number of aliphatic hydroxyl groups excluding tert-OH is 1. The topological polar surface area (TPSA) is 208 Å². The Hall–Kier alpha value is -3.89. The summed E-state index contributed by atoms with van der Waals surface area (Å²) in [6.45, 7) is 56.4. The number of nitro groups is 2. The van der Waals surface area contributed by atoms with E-state index in [2.05, 4.69) is 149 Å². The highest BCUT2D eigenvalue weighted by Gasteiger charge is 2.39. The molecule has 1 aliphatic rings. The second-order valence-corrected chi connectivity index (χ2v) is 41.4. The highest BCUT2D eigenvalue weighted by Crippen LogP contribution is 2.40. The number of rotatable bonds is 15. The van der Waals surface area contributed by atoms with Gasteiger partial charge in [-0.15, -0.1) is 0 Å². The van der Waals surface area contributed by atoms with E-state index in [4.69, 9.17) is 38.3 Å². The Labute approximate surface area is 463 Å². The van der Waals surface area contributed by atoms with Crippen molar-refractivity contribution in [3.05, 3.63) is 91.5 Å². The largest absolute Gasteiger partial charge is 0.507 e. The number of benzene rings is 3. The molecular weight excluding hydrogens is 1010 g/mol. The average Bonchev–Trinajstić information content (AvgIpc) is 3.85. The zero-order valence-electron chi connectivity index (χ0n) is 51.7. The molecule has 3 aromatic rings. The molecule has 0 spiro atoms. The van der Waals surface area contributed by atoms with Crippen molar-refractivity contribution in [3.8, 4) is 17.2 Å². The predicted molar refractivity (Wildman–Crippen MR) is 322 cm³/mol. The Bertz CT molecular complexity index is 2220. The number of nitrogens with zero attached hydrogens (tertiary/aromatic N) is 2. The van der Waals surface area contributed by atoms with E-state index in [1.54, 1.807) is 12.1 Å². The molecule has 0 atom stereocenters. The second kappa shape index (κ2) is 29.9. The SMILES string of the molecule is C1CCOC1.CC(C)(C)[Si](C)(C)OCCO.CC(C)(C)c1ccc(N)cc1OCCO[Si](C)(C)C(C)(C)C.CC(C)(C)c1ccc([N+](=O)[O-])cc1O.CC(C)(C)c1ccc([N+](=O)[O-])cc1OCCO[Si](C)(C)C(C)(C)C. The molecule has 0 aliphatic carbocycles. The van der Waals surface area contributed by atoms with Crippen LogP contribution in [0.2, 0.25) is 54.4 Å². The molecule has 76 heavy (non-hydrogen) atoms. The summed E-state index contributed by atoms with van der Waals surface area (Å²) in [7, 11) is -5.11. The van der Waals surface area contributed by atoms with Crippen LogP contribution in [-0.2, 0) is 34.3 Å². The van der Waals surface area contributed by atoms with Crippen LogP contribution in [0.5, 0.6) is 17.2 Å². The van der Waals surface area contributed by atoms with Gasteiger partial charge in [0.25, 0.3) is 11.4 Å². The number of non-ortho nitro benzene ring substituents is 2. The summed E-state index contributed by atoms with van der Waals surface area (Å²) in [5.41, 5.74) is 9.10. The maximum Gasteiger partial charge on any atom is 0.273 e. The molecule has 1 fully saturated rings. The quantitative estimate of drug-likeness (QED) is 0.0426. The smallest absolute Gasteiger partial charge is 0.273 e.